The van der Waals surface area contributed by atoms with Gasteiger partial charge in [0.25, 0.3) is 11.4 Å². The molecule has 146 valence electrons. The van der Waals surface area contributed by atoms with E-state index in [4.69, 9.17) is 8.94 Å². The van der Waals surface area contributed by atoms with Crippen LogP contribution >= 0.6 is 0 Å². The first-order chi connectivity index (χ1) is 14.2. The van der Waals surface area contributed by atoms with Crippen LogP contribution in [-0.2, 0) is 11.3 Å². The van der Waals surface area contributed by atoms with E-state index in [-0.39, 0.29) is 23.9 Å². The van der Waals surface area contributed by atoms with Gasteiger partial charge in [0.05, 0.1) is 23.5 Å². The van der Waals surface area contributed by atoms with Crippen molar-refractivity contribution >= 4 is 16.8 Å². The van der Waals surface area contributed by atoms with Crippen LogP contribution in [-0.4, -0.2) is 43.6 Å². The van der Waals surface area contributed by atoms with Gasteiger partial charge in [0.2, 0.25) is 5.91 Å². The summed E-state index contributed by atoms with van der Waals surface area (Å²) in [4.78, 5) is 35.7. The number of hydrogen-bond acceptors (Lipinski definition) is 7. The summed E-state index contributed by atoms with van der Waals surface area (Å²) in [5.41, 5.74) is 0.396. The molecule has 0 spiro atoms. The van der Waals surface area contributed by atoms with E-state index in [1.54, 1.807) is 41.5 Å². The Morgan fingerprint density at radius 2 is 2.10 bits per heavy atom. The van der Waals surface area contributed by atoms with Crippen molar-refractivity contribution in [1.82, 2.24) is 24.6 Å². The Kier molecular flexibility index (Phi) is 4.19. The average molecular weight is 391 g/mol. The highest BCUT2D eigenvalue weighted by Gasteiger charge is 2.31. The molecule has 9 heteroatoms. The van der Waals surface area contributed by atoms with Crippen molar-refractivity contribution in [3.63, 3.8) is 0 Å². The zero-order chi connectivity index (χ0) is 19.8. The molecule has 1 aliphatic heterocycles. The molecule has 1 aliphatic rings. The van der Waals surface area contributed by atoms with Gasteiger partial charge in [0.1, 0.15) is 6.54 Å². The van der Waals surface area contributed by atoms with Crippen molar-refractivity contribution in [2.24, 2.45) is 0 Å². The van der Waals surface area contributed by atoms with Crippen LogP contribution in [0.3, 0.4) is 0 Å². The number of carbonyl (C=O) groups is 1. The van der Waals surface area contributed by atoms with Gasteiger partial charge in [0, 0.05) is 19.0 Å². The van der Waals surface area contributed by atoms with Crippen LogP contribution in [0.15, 0.2) is 62.7 Å². The molecule has 0 bridgehead atoms. The number of carbonyl (C=O) groups excluding carboxylic acids is 1. The third kappa shape index (κ3) is 3.20. The Labute approximate surface area is 164 Å². The number of benzene rings is 1. The summed E-state index contributed by atoms with van der Waals surface area (Å²) in [6, 6.07) is 10.6. The van der Waals surface area contributed by atoms with Crippen LogP contribution in [0, 0.1) is 0 Å². The van der Waals surface area contributed by atoms with Crippen LogP contribution in [0.25, 0.3) is 22.6 Å². The molecular formula is C20H17N5O4. The molecule has 5 rings (SSSR count). The molecule has 1 amide bonds. The van der Waals surface area contributed by atoms with Gasteiger partial charge in [0.15, 0.2) is 11.6 Å². The highest BCUT2D eigenvalue weighted by atomic mass is 16.5. The van der Waals surface area contributed by atoms with Crippen LogP contribution in [0.5, 0.6) is 0 Å². The molecule has 0 aliphatic carbocycles. The van der Waals surface area contributed by atoms with Gasteiger partial charge in [-0.25, -0.2) is 4.98 Å². The van der Waals surface area contributed by atoms with E-state index in [9.17, 15) is 9.59 Å². The Balaban J connectivity index is 1.29. The van der Waals surface area contributed by atoms with Crippen molar-refractivity contribution in [3.8, 4) is 11.7 Å². The summed E-state index contributed by atoms with van der Waals surface area (Å²) in [5, 5.41) is 4.53. The maximum absolute atomic E-state index is 12.7. The number of aromatic nitrogens is 4. The highest BCUT2D eigenvalue weighted by Crippen LogP contribution is 2.27. The van der Waals surface area contributed by atoms with E-state index >= 15 is 0 Å². The van der Waals surface area contributed by atoms with Gasteiger partial charge >= 0.3 is 0 Å². The maximum atomic E-state index is 12.7. The first-order valence-electron chi connectivity index (χ1n) is 9.28. The first kappa shape index (κ1) is 17.4. The summed E-state index contributed by atoms with van der Waals surface area (Å²) in [5.74, 6) is 1.23. The molecule has 0 radical (unpaired) electrons. The Morgan fingerprint density at radius 1 is 1.21 bits per heavy atom. The Morgan fingerprint density at radius 3 is 2.97 bits per heavy atom. The zero-order valence-corrected chi connectivity index (χ0v) is 15.4. The van der Waals surface area contributed by atoms with E-state index in [0.717, 1.165) is 6.42 Å². The maximum Gasteiger partial charge on any atom is 0.293 e. The van der Waals surface area contributed by atoms with Crippen molar-refractivity contribution < 1.29 is 13.7 Å². The normalized spacial score (nSPS) is 16.6. The van der Waals surface area contributed by atoms with Gasteiger partial charge in [-0.05, 0) is 30.7 Å². The molecule has 1 atom stereocenters. The summed E-state index contributed by atoms with van der Waals surface area (Å²) in [7, 11) is 0. The lowest BCUT2D eigenvalue weighted by Crippen LogP contribution is -2.35. The fraction of sp³-hybridized carbons (Fsp3) is 0.250. The van der Waals surface area contributed by atoms with Crippen molar-refractivity contribution in [1.29, 1.82) is 0 Å². The first-order valence-corrected chi connectivity index (χ1v) is 9.28. The van der Waals surface area contributed by atoms with Crippen molar-refractivity contribution in [2.75, 3.05) is 13.1 Å². The second kappa shape index (κ2) is 7.01. The van der Waals surface area contributed by atoms with E-state index < -0.39 is 0 Å². The summed E-state index contributed by atoms with van der Waals surface area (Å²) in [6.45, 7) is 1.00. The van der Waals surface area contributed by atoms with E-state index in [0.29, 0.717) is 41.5 Å². The number of furan rings is 1. The summed E-state index contributed by atoms with van der Waals surface area (Å²) < 4.78 is 11.9. The Hall–Kier alpha value is -3.75. The van der Waals surface area contributed by atoms with E-state index in [1.807, 2.05) is 6.07 Å². The van der Waals surface area contributed by atoms with Crippen LogP contribution in [0.1, 0.15) is 18.2 Å². The molecule has 0 saturated carbocycles. The average Bonchev–Trinajstić information content (AvgIpc) is 3.50. The minimum absolute atomic E-state index is 0.0159. The topological polar surface area (TPSA) is 107 Å². The number of rotatable bonds is 4. The molecule has 3 aromatic heterocycles. The fourth-order valence-corrected chi connectivity index (χ4v) is 3.56. The number of nitrogens with zero attached hydrogens (tertiary/aromatic N) is 5. The molecule has 0 unspecified atom stereocenters. The van der Waals surface area contributed by atoms with Gasteiger partial charge in [-0.15, -0.1) is 0 Å². The number of likely N-dealkylation sites (tertiary alicyclic amines) is 1. The summed E-state index contributed by atoms with van der Waals surface area (Å²) >= 11 is 0. The lowest BCUT2D eigenvalue weighted by molar-refractivity contribution is -0.130. The quantitative estimate of drug-likeness (QED) is 0.524. The van der Waals surface area contributed by atoms with Crippen LogP contribution in [0.2, 0.25) is 0 Å². The van der Waals surface area contributed by atoms with E-state index in [1.165, 1.54) is 10.9 Å². The molecule has 1 fully saturated rings. The van der Waals surface area contributed by atoms with Gasteiger partial charge in [-0.3, -0.25) is 14.2 Å². The third-order valence-corrected chi connectivity index (χ3v) is 5.12. The second-order valence-corrected chi connectivity index (χ2v) is 6.96. The number of para-hydroxylation sites is 1. The number of fused-ring (bicyclic) bond motifs is 1. The predicted molar refractivity (Wildman–Crippen MR) is 102 cm³/mol. The highest BCUT2D eigenvalue weighted by molar-refractivity contribution is 5.79. The molecule has 1 aromatic carbocycles. The van der Waals surface area contributed by atoms with Crippen molar-refractivity contribution in [2.45, 2.75) is 18.9 Å². The lowest BCUT2D eigenvalue weighted by Gasteiger charge is -2.16. The number of hydrogen-bond donors (Lipinski definition) is 0. The van der Waals surface area contributed by atoms with E-state index in [2.05, 4.69) is 15.1 Å². The Bertz CT molecular complexity index is 1230. The van der Waals surface area contributed by atoms with Crippen molar-refractivity contribution in [3.05, 3.63) is 65.2 Å². The molecular weight excluding hydrogens is 374 g/mol. The minimum atomic E-state index is -0.221. The second-order valence-electron chi connectivity index (χ2n) is 6.96. The van der Waals surface area contributed by atoms with Gasteiger partial charge in [-0.1, -0.05) is 17.3 Å². The smallest absolute Gasteiger partial charge is 0.293 e. The standard InChI is InChI=1S/C20H17N5O4/c26-17(11-25-12-21-15-5-2-1-4-14(15)20(25)27)24-8-7-13(10-24)18-22-19(29-23-18)16-6-3-9-28-16/h1-6,9,12-13H,7-8,10-11H2/t13-/m0/s1. The lowest BCUT2D eigenvalue weighted by atomic mass is 10.1. The fourth-order valence-electron chi connectivity index (χ4n) is 3.56. The number of amides is 1. The molecule has 0 N–H and O–H groups in total. The van der Waals surface area contributed by atoms with Crippen LogP contribution < -0.4 is 5.56 Å². The molecule has 4 heterocycles. The molecule has 1 saturated heterocycles. The minimum Gasteiger partial charge on any atom is -0.459 e. The SMILES string of the molecule is O=C(Cn1cnc2ccccc2c1=O)N1CC[C@H](c2noc(-c3ccco3)n2)C1. The summed E-state index contributed by atoms with van der Waals surface area (Å²) in [6.07, 6.45) is 3.69. The third-order valence-electron chi connectivity index (χ3n) is 5.12. The predicted octanol–water partition coefficient (Wildman–Crippen LogP) is 2.06. The zero-order valence-electron chi connectivity index (χ0n) is 15.4. The molecule has 9 nitrogen and oxygen atoms in total. The van der Waals surface area contributed by atoms with Crippen LogP contribution in [0.4, 0.5) is 0 Å². The molecule has 29 heavy (non-hydrogen) atoms. The van der Waals surface area contributed by atoms with Gasteiger partial charge < -0.3 is 13.8 Å². The van der Waals surface area contributed by atoms with Gasteiger partial charge in [-0.2, -0.15) is 4.98 Å². The monoisotopic (exact) mass is 391 g/mol. The largest absolute Gasteiger partial charge is 0.459 e. The molecule has 4 aromatic rings.